The van der Waals surface area contributed by atoms with Crippen molar-refractivity contribution in [3.8, 4) is 0 Å². The fourth-order valence-electron chi connectivity index (χ4n) is 4.57. The van der Waals surface area contributed by atoms with Crippen molar-refractivity contribution < 1.29 is 13.5 Å². The number of fused-ring (bicyclic) bond motifs is 1. The van der Waals surface area contributed by atoms with E-state index in [2.05, 4.69) is 23.3 Å². The largest absolute Gasteiger partial charge is 0.372 e. The Morgan fingerprint density at radius 3 is 2.76 bits per heavy atom. The van der Waals surface area contributed by atoms with E-state index in [-0.39, 0.29) is 17.5 Å². The van der Waals surface area contributed by atoms with Crippen LogP contribution in [-0.4, -0.2) is 22.8 Å². The molecule has 1 aliphatic carbocycles. The molecule has 0 fully saturated rings. The molecule has 1 aromatic carbocycles. The molecule has 0 bridgehead atoms. The lowest BCUT2D eigenvalue weighted by Gasteiger charge is -2.26. The maximum atomic E-state index is 13.8. The van der Waals surface area contributed by atoms with E-state index in [0.717, 1.165) is 23.9 Å². The number of hydrogen-bond acceptors (Lipinski definition) is 4. The summed E-state index contributed by atoms with van der Waals surface area (Å²) in [6.45, 7) is 3.39. The molecule has 0 radical (unpaired) electrons. The molecule has 150 valence electrons. The van der Waals surface area contributed by atoms with Gasteiger partial charge >= 0.3 is 0 Å². The molecule has 0 spiro atoms. The number of ether oxygens (including phenoxy) is 1. The third kappa shape index (κ3) is 3.29. The zero-order valence-corrected chi connectivity index (χ0v) is 16.0. The van der Waals surface area contributed by atoms with Crippen LogP contribution in [0.1, 0.15) is 37.1 Å². The maximum Gasteiger partial charge on any atom is 0.274 e. The molecule has 0 saturated carbocycles. The first-order valence-corrected chi connectivity index (χ1v) is 9.83. The van der Waals surface area contributed by atoms with Crippen LogP contribution in [0, 0.1) is 17.6 Å². The minimum atomic E-state index is -0.610. The molecule has 7 heteroatoms. The fraction of sp³-hybridized carbons (Fsp3) is 0.364. The second-order valence-corrected chi connectivity index (χ2v) is 7.99. The molecule has 1 N–H and O–H groups in total. The van der Waals surface area contributed by atoms with Crippen LogP contribution in [0.3, 0.4) is 0 Å². The molecule has 5 rings (SSSR count). The minimum Gasteiger partial charge on any atom is -0.372 e. The van der Waals surface area contributed by atoms with Gasteiger partial charge in [-0.1, -0.05) is 6.92 Å². The summed E-state index contributed by atoms with van der Waals surface area (Å²) < 4.78 is 35.1. The normalized spacial score (nSPS) is 23.1. The number of nitrogens with zero attached hydrogens (tertiary/aromatic N) is 2. The van der Waals surface area contributed by atoms with Gasteiger partial charge in [-0.15, -0.1) is 0 Å². The van der Waals surface area contributed by atoms with Crippen molar-refractivity contribution in [2.75, 3.05) is 18.5 Å². The zero-order valence-electron chi connectivity index (χ0n) is 16.0. The van der Waals surface area contributed by atoms with E-state index in [1.165, 1.54) is 29.3 Å². The topological polar surface area (TPSA) is 56.2 Å². The first-order chi connectivity index (χ1) is 14.0. The zero-order chi connectivity index (χ0) is 20.1. The molecule has 29 heavy (non-hydrogen) atoms. The number of aromatic nitrogens is 2. The SMILES string of the molecule is CC1CC2=C(C=C1Nc1nc(=O)cc3n1C(c1cc(F)cc(F)c1)CC3)COC2. The van der Waals surface area contributed by atoms with Crippen molar-refractivity contribution in [2.45, 2.75) is 32.2 Å². The molecule has 1 aromatic heterocycles. The van der Waals surface area contributed by atoms with Gasteiger partial charge in [0, 0.05) is 29.4 Å². The highest BCUT2D eigenvalue weighted by molar-refractivity contribution is 5.47. The predicted octanol–water partition coefficient (Wildman–Crippen LogP) is 3.72. The first-order valence-electron chi connectivity index (χ1n) is 9.83. The number of halogens is 2. The van der Waals surface area contributed by atoms with Gasteiger partial charge in [-0.25, -0.2) is 8.78 Å². The van der Waals surface area contributed by atoms with Crippen molar-refractivity contribution in [3.63, 3.8) is 0 Å². The molecule has 2 unspecified atom stereocenters. The highest BCUT2D eigenvalue weighted by Crippen LogP contribution is 2.37. The van der Waals surface area contributed by atoms with Crippen molar-refractivity contribution in [1.29, 1.82) is 0 Å². The summed E-state index contributed by atoms with van der Waals surface area (Å²) in [6, 6.07) is 4.78. The van der Waals surface area contributed by atoms with Crippen LogP contribution in [0.2, 0.25) is 0 Å². The van der Waals surface area contributed by atoms with Gasteiger partial charge < -0.3 is 14.6 Å². The summed E-state index contributed by atoms with van der Waals surface area (Å²) in [5.41, 5.74) is 4.50. The number of allylic oxidation sites excluding steroid dienone is 1. The molecular formula is C22H21F2N3O2. The third-order valence-corrected chi connectivity index (χ3v) is 5.96. The number of hydrogen-bond donors (Lipinski definition) is 1. The van der Waals surface area contributed by atoms with Crippen LogP contribution in [-0.2, 0) is 11.2 Å². The maximum absolute atomic E-state index is 13.8. The molecule has 3 heterocycles. The van der Waals surface area contributed by atoms with Gasteiger partial charge in [-0.2, -0.15) is 4.98 Å². The number of rotatable bonds is 3. The quantitative estimate of drug-likeness (QED) is 0.858. The van der Waals surface area contributed by atoms with Crippen molar-refractivity contribution in [1.82, 2.24) is 9.55 Å². The Kier molecular flexibility index (Phi) is 4.35. The van der Waals surface area contributed by atoms with Gasteiger partial charge in [0.05, 0.1) is 19.3 Å². The highest BCUT2D eigenvalue weighted by Gasteiger charge is 2.29. The van der Waals surface area contributed by atoms with Crippen molar-refractivity contribution >= 4 is 5.95 Å². The third-order valence-electron chi connectivity index (χ3n) is 5.96. The van der Waals surface area contributed by atoms with Gasteiger partial charge in [0.15, 0.2) is 0 Å². The summed E-state index contributed by atoms with van der Waals surface area (Å²) in [5.74, 6) is -0.571. The predicted molar refractivity (Wildman–Crippen MR) is 105 cm³/mol. The Morgan fingerprint density at radius 1 is 1.17 bits per heavy atom. The Hall–Kier alpha value is -2.80. The molecular weight excluding hydrogens is 376 g/mol. The Balaban J connectivity index is 1.56. The van der Waals surface area contributed by atoms with Crippen LogP contribution in [0.5, 0.6) is 0 Å². The summed E-state index contributed by atoms with van der Waals surface area (Å²) in [6.07, 6.45) is 4.28. The van der Waals surface area contributed by atoms with Crippen molar-refractivity contribution in [3.05, 3.63) is 80.4 Å². The molecule has 2 aliphatic heterocycles. The summed E-state index contributed by atoms with van der Waals surface area (Å²) >= 11 is 0. The minimum absolute atomic E-state index is 0.232. The number of anilines is 1. The van der Waals surface area contributed by atoms with E-state index < -0.39 is 11.6 Å². The Morgan fingerprint density at radius 2 is 1.97 bits per heavy atom. The second kappa shape index (κ2) is 6.91. The van der Waals surface area contributed by atoms with Crippen LogP contribution in [0.15, 0.2) is 52.0 Å². The van der Waals surface area contributed by atoms with E-state index in [4.69, 9.17) is 4.74 Å². The monoisotopic (exact) mass is 397 g/mol. The summed E-state index contributed by atoms with van der Waals surface area (Å²) in [5, 5.41) is 3.35. The molecule has 2 atom stereocenters. The second-order valence-electron chi connectivity index (χ2n) is 7.99. The molecule has 0 amide bonds. The number of nitrogens with one attached hydrogen (secondary N) is 1. The standard InChI is InChI=1S/C22H21F2N3O2/c1-12-4-14-10-29-11-15(14)7-19(12)25-22-26-21(28)9-18-2-3-20(27(18)22)13-5-16(23)8-17(24)6-13/h5-9,12,20H,2-4,10-11H2,1H3,(H,25,26,28). The first kappa shape index (κ1) is 18.2. The lowest BCUT2D eigenvalue weighted by molar-refractivity contribution is 0.204. The molecule has 2 aromatic rings. The van der Waals surface area contributed by atoms with Gasteiger partial charge in [0.25, 0.3) is 5.56 Å². The van der Waals surface area contributed by atoms with Crippen LogP contribution in [0.25, 0.3) is 0 Å². The van der Waals surface area contributed by atoms with Crippen LogP contribution >= 0.6 is 0 Å². The van der Waals surface area contributed by atoms with E-state index in [1.54, 1.807) is 0 Å². The van der Waals surface area contributed by atoms with Gasteiger partial charge in [0.1, 0.15) is 11.6 Å². The van der Waals surface area contributed by atoms with Crippen molar-refractivity contribution in [2.24, 2.45) is 5.92 Å². The lowest BCUT2D eigenvalue weighted by atomic mass is 9.89. The molecule has 0 saturated heterocycles. The van der Waals surface area contributed by atoms with E-state index in [0.29, 0.717) is 37.6 Å². The Labute approximate surface area is 166 Å². The van der Waals surface area contributed by atoms with E-state index in [9.17, 15) is 13.6 Å². The molecule has 3 aliphatic rings. The molecule has 5 nitrogen and oxygen atoms in total. The van der Waals surface area contributed by atoms with Gasteiger partial charge in [-0.3, -0.25) is 4.79 Å². The Bertz CT molecular complexity index is 1100. The smallest absolute Gasteiger partial charge is 0.274 e. The average Bonchev–Trinajstić information content (AvgIpc) is 3.27. The van der Waals surface area contributed by atoms with Crippen LogP contribution < -0.4 is 10.9 Å². The lowest BCUT2D eigenvalue weighted by Crippen LogP contribution is -2.23. The van der Waals surface area contributed by atoms with E-state index >= 15 is 0 Å². The van der Waals surface area contributed by atoms with Crippen LogP contribution in [0.4, 0.5) is 14.7 Å². The average molecular weight is 397 g/mol. The number of benzene rings is 1. The van der Waals surface area contributed by atoms with Gasteiger partial charge in [-0.05, 0) is 54.2 Å². The van der Waals surface area contributed by atoms with Gasteiger partial charge in [0.2, 0.25) is 5.95 Å². The highest BCUT2D eigenvalue weighted by atomic mass is 19.1. The summed E-state index contributed by atoms with van der Waals surface area (Å²) in [7, 11) is 0. The van der Waals surface area contributed by atoms with E-state index in [1.807, 2.05) is 4.57 Å². The fourth-order valence-corrected chi connectivity index (χ4v) is 4.57. The summed E-state index contributed by atoms with van der Waals surface area (Å²) in [4.78, 5) is 16.4. The number of aryl methyl sites for hydroxylation is 1.